The molecule has 0 aromatic carbocycles. The van der Waals surface area contributed by atoms with E-state index in [4.69, 9.17) is 0 Å². The third-order valence-corrected chi connectivity index (χ3v) is 7.36. The zero-order valence-electron chi connectivity index (χ0n) is 14.5. The zero-order chi connectivity index (χ0) is 16.3. The van der Waals surface area contributed by atoms with Crippen molar-refractivity contribution >= 4 is 5.78 Å². The topological polar surface area (TPSA) is 37.3 Å². The molecule has 122 valence electrons. The third kappa shape index (κ3) is 1.99. The second kappa shape index (κ2) is 4.80. The van der Waals surface area contributed by atoms with Crippen molar-refractivity contribution in [2.24, 2.45) is 28.1 Å². The molecule has 5 unspecified atom stereocenters. The first kappa shape index (κ1) is 16.0. The van der Waals surface area contributed by atoms with Crippen LogP contribution in [0.25, 0.3) is 0 Å². The van der Waals surface area contributed by atoms with Crippen LogP contribution in [0.3, 0.4) is 0 Å². The summed E-state index contributed by atoms with van der Waals surface area (Å²) < 4.78 is 0. The fraction of sp³-hybridized carbons (Fsp3) is 0.750. The first-order chi connectivity index (χ1) is 10.1. The van der Waals surface area contributed by atoms with Crippen molar-refractivity contribution in [1.29, 1.82) is 0 Å². The number of hydrogen-bond acceptors (Lipinski definition) is 2. The number of carbonyl (C=O) groups is 1. The van der Waals surface area contributed by atoms with Gasteiger partial charge in [-0.1, -0.05) is 45.4 Å². The average molecular weight is 302 g/mol. The fourth-order valence-electron chi connectivity index (χ4n) is 5.68. The van der Waals surface area contributed by atoms with Crippen LogP contribution in [-0.4, -0.2) is 17.0 Å². The van der Waals surface area contributed by atoms with E-state index in [0.29, 0.717) is 24.0 Å². The number of Topliss-reactive ketones (excluding diaryl/α,β-unsaturated/α-hetero) is 1. The molecule has 0 aliphatic heterocycles. The molecule has 2 heteroatoms. The number of carbonyl (C=O) groups excluding carboxylic acids is 1. The fourth-order valence-corrected chi connectivity index (χ4v) is 5.68. The van der Waals surface area contributed by atoms with Crippen molar-refractivity contribution in [1.82, 2.24) is 0 Å². The van der Waals surface area contributed by atoms with Crippen LogP contribution in [0.15, 0.2) is 24.3 Å². The Morgan fingerprint density at radius 3 is 2.59 bits per heavy atom. The van der Waals surface area contributed by atoms with E-state index in [1.165, 1.54) is 5.57 Å². The monoisotopic (exact) mass is 302 g/mol. The van der Waals surface area contributed by atoms with E-state index in [-0.39, 0.29) is 22.3 Å². The highest BCUT2D eigenvalue weighted by Crippen LogP contribution is 2.62. The van der Waals surface area contributed by atoms with E-state index in [9.17, 15) is 9.90 Å². The molecular weight excluding hydrogens is 272 g/mol. The van der Waals surface area contributed by atoms with Gasteiger partial charge in [-0.25, -0.2) is 0 Å². The number of hydrogen-bond donors (Lipinski definition) is 1. The number of fused-ring (bicyclic) bond motifs is 3. The van der Waals surface area contributed by atoms with Gasteiger partial charge in [0.1, 0.15) is 5.78 Å². The maximum atomic E-state index is 12.4. The minimum absolute atomic E-state index is 0.144. The highest BCUT2D eigenvalue weighted by atomic mass is 16.3. The molecule has 3 aliphatic carbocycles. The van der Waals surface area contributed by atoms with Crippen LogP contribution in [0.1, 0.15) is 59.8 Å². The van der Waals surface area contributed by atoms with Crippen molar-refractivity contribution < 1.29 is 9.90 Å². The predicted molar refractivity (Wildman–Crippen MR) is 89.4 cm³/mol. The molecule has 2 fully saturated rings. The molecule has 3 aliphatic rings. The van der Waals surface area contributed by atoms with Gasteiger partial charge in [-0.15, -0.1) is 6.58 Å². The summed E-state index contributed by atoms with van der Waals surface area (Å²) in [5, 5.41) is 10.7. The lowest BCUT2D eigenvalue weighted by Crippen LogP contribution is -2.55. The van der Waals surface area contributed by atoms with E-state index >= 15 is 0 Å². The molecule has 3 rings (SSSR count). The third-order valence-electron chi connectivity index (χ3n) is 7.36. The van der Waals surface area contributed by atoms with Gasteiger partial charge in [-0.3, -0.25) is 4.79 Å². The van der Waals surface area contributed by atoms with Crippen LogP contribution in [0.4, 0.5) is 0 Å². The van der Waals surface area contributed by atoms with Gasteiger partial charge in [0.2, 0.25) is 0 Å². The molecular formula is C20H30O2. The molecule has 2 saturated carbocycles. The highest BCUT2D eigenvalue weighted by molar-refractivity contribution is 5.85. The predicted octanol–water partition coefficient (Wildman–Crippen LogP) is 4.29. The summed E-state index contributed by atoms with van der Waals surface area (Å²) in [7, 11) is 0. The summed E-state index contributed by atoms with van der Waals surface area (Å²) in [6.45, 7) is 12.7. The van der Waals surface area contributed by atoms with E-state index < -0.39 is 0 Å². The van der Waals surface area contributed by atoms with Gasteiger partial charge in [0.25, 0.3) is 0 Å². The van der Waals surface area contributed by atoms with Crippen molar-refractivity contribution in [2.45, 2.75) is 65.9 Å². The maximum absolute atomic E-state index is 12.4. The number of ketones is 1. The number of allylic oxidation sites excluding steroid dienone is 1. The summed E-state index contributed by atoms with van der Waals surface area (Å²) >= 11 is 0. The van der Waals surface area contributed by atoms with Gasteiger partial charge in [0, 0.05) is 17.3 Å². The summed E-state index contributed by atoms with van der Waals surface area (Å²) in [5.74, 6) is 1.28. The lowest BCUT2D eigenvalue weighted by atomic mass is 9.45. The quantitative estimate of drug-likeness (QED) is 0.734. The second-order valence-electron chi connectivity index (χ2n) is 8.84. The van der Waals surface area contributed by atoms with Gasteiger partial charge in [0.05, 0.1) is 6.10 Å². The molecule has 0 radical (unpaired) electrons. The van der Waals surface area contributed by atoms with Crippen LogP contribution in [0.5, 0.6) is 0 Å². The van der Waals surface area contributed by atoms with Crippen LogP contribution < -0.4 is 0 Å². The normalized spacial score (nSPS) is 47.2. The van der Waals surface area contributed by atoms with E-state index in [2.05, 4.69) is 40.3 Å². The molecule has 0 saturated heterocycles. The molecule has 5 atom stereocenters. The summed E-state index contributed by atoms with van der Waals surface area (Å²) in [4.78, 5) is 12.4. The second-order valence-corrected chi connectivity index (χ2v) is 8.84. The van der Waals surface area contributed by atoms with Crippen LogP contribution in [-0.2, 0) is 4.79 Å². The Morgan fingerprint density at radius 2 is 1.95 bits per heavy atom. The standard InChI is InChI=1S/C20H30O2/c1-6-19(4)12-13-7-8-15-18(2,3)16(21)9-10-20(15,5)14(13)11-17(19)22/h6,12,14-15,17,22H,1,7-11H2,2-5H3. The van der Waals surface area contributed by atoms with Crippen molar-refractivity contribution in [3.63, 3.8) is 0 Å². The Hall–Kier alpha value is -0.890. The Bertz CT molecular complexity index is 544. The molecule has 0 aromatic rings. The minimum atomic E-state index is -0.366. The molecule has 2 nitrogen and oxygen atoms in total. The van der Waals surface area contributed by atoms with Crippen molar-refractivity contribution in [3.8, 4) is 0 Å². The van der Waals surface area contributed by atoms with Crippen LogP contribution in [0.2, 0.25) is 0 Å². The van der Waals surface area contributed by atoms with E-state index in [1.54, 1.807) is 0 Å². The molecule has 0 spiro atoms. The Morgan fingerprint density at radius 1 is 1.27 bits per heavy atom. The van der Waals surface area contributed by atoms with Gasteiger partial charge < -0.3 is 5.11 Å². The summed E-state index contributed by atoms with van der Waals surface area (Å²) in [5.41, 5.74) is 1.12. The molecule has 1 N–H and O–H groups in total. The van der Waals surface area contributed by atoms with Gasteiger partial charge in [-0.05, 0) is 42.9 Å². The SMILES string of the molecule is C=CC1(C)C=C2CCC3C(C)(C)C(=O)CCC3(C)C2CC1O. The number of aliphatic hydroxyl groups is 1. The summed E-state index contributed by atoms with van der Waals surface area (Å²) in [6, 6.07) is 0. The van der Waals surface area contributed by atoms with Crippen molar-refractivity contribution in [3.05, 3.63) is 24.3 Å². The van der Waals surface area contributed by atoms with Crippen LogP contribution in [0, 0.1) is 28.1 Å². The molecule has 22 heavy (non-hydrogen) atoms. The molecule has 0 bridgehead atoms. The molecule has 0 aromatic heterocycles. The first-order valence-electron chi connectivity index (χ1n) is 8.72. The van der Waals surface area contributed by atoms with E-state index in [0.717, 1.165) is 25.7 Å². The Labute approximate surface area is 134 Å². The Kier molecular flexibility index (Phi) is 3.49. The van der Waals surface area contributed by atoms with Gasteiger partial charge >= 0.3 is 0 Å². The lowest BCUT2D eigenvalue weighted by molar-refractivity contribution is -0.146. The minimum Gasteiger partial charge on any atom is -0.392 e. The summed E-state index contributed by atoms with van der Waals surface area (Å²) in [6.07, 6.45) is 8.45. The highest BCUT2D eigenvalue weighted by Gasteiger charge is 2.58. The number of rotatable bonds is 1. The van der Waals surface area contributed by atoms with E-state index in [1.807, 2.05) is 6.08 Å². The van der Waals surface area contributed by atoms with Crippen LogP contribution >= 0.6 is 0 Å². The largest absolute Gasteiger partial charge is 0.392 e. The molecule has 0 heterocycles. The van der Waals surface area contributed by atoms with Gasteiger partial charge in [0.15, 0.2) is 0 Å². The smallest absolute Gasteiger partial charge is 0.138 e. The first-order valence-corrected chi connectivity index (χ1v) is 8.72. The average Bonchev–Trinajstić information content (AvgIpc) is 2.46. The zero-order valence-corrected chi connectivity index (χ0v) is 14.5. The lowest BCUT2D eigenvalue weighted by Gasteiger charge is -2.59. The van der Waals surface area contributed by atoms with Gasteiger partial charge in [-0.2, -0.15) is 0 Å². The number of aliphatic hydroxyl groups excluding tert-OH is 1. The Balaban J connectivity index is 2.02. The maximum Gasteiger partial charge on any atom is 0.138 e. The molecule has 0 amide bonds. The van der Waals surface area contributed by atoms with Crippen molar-refractivity contribution in [2.75, 3.05) is 0 Å².